The first-order chi connectivity index (χ1) is 12.2. The minimum atomic E-state index is -0.0129. The molecule has 0 bridgehead atoms. The molecule has 0 aliphatic carbocycles. The standard InChI is InChI=1S/C20H16N2OS2/c21-11-15-4-6-16(7-5-15)12-25-14-20(23)22-19-3-1-2-17(10-19)18-8-9-24-13-18/h1-10,13H,12,14H2,(H,22,23). The van der Waals surface area contributed by atoms with Gasteiger partial charge in [0, 0.05) is 11.4 Å². The first-order valence-corrected chi connectivity index (χ1v) is 9.83. The molecule has 1 heterocycles. The van der Waals surface area contributed by atoms with Crippen LogP contribution in [-0.2, 0) is 10.5 Å². The first kappa shape index (κ1) is 17.3. The maximum atomic E-state index is 12.1. The van der Waals surface area contributed by atoms with Crippen LogP contribution in [0, 0.1) is 11.3 Å². The van der Waals surface area contributed by atoms with Crippen molar-refractivity contribution in [3.63, 3.8) is 0 Å². The Balaban J connectivity index is 1.51. The Morgan fingerprint density at radius 1 is 1.12 bits per heavy atom. The van der Waals surface area contributed by atoms with Gasteiger partial charge in [-0.3, -0.25) is 4.79 Å². The van der Waals surface area contributed by atoms with Crippen molar-refractivity contribution in [1.29, 1.82) is 5.26 Å². The normalized spacial score (nSPS) is 10.2. The van der Waals surface area contributed by atoms with Crippen LogP contribution in [0.2, 0.25) is 0 Å². The molecule has 1 aromatic heterocycles. The second-order valence-electron chi connectivity index (χ2n) is 5.44. The van der Waals surface area contributed by atoms with E-state index in [9.17, 15) is 4.79 Å². The molecule has 0 saturated carbocycles. The summed E-state index contributed by atoms with van der Waals surface area (Å²) in [7, 11) is 0. The number of amides is 1. The maximum Gasteiger partial charge on any atom is 0.234 e. The van der Waals surface area contributed by atoms with Crippen LogP contribution in [0.3, 0.4) is 0 Å². The highest BCUT2D eigenvalue weighted by atomic mass is 32.2. The molecule has 0 saturated heterocycles. The zero-order valence-electron chi connectivity index (χ0n) is 13.4. The number of anilines is 1. The van der Waals surface area contributed by atoms with Crippen molar-refractivity contribution in [2.45, 2.75) is 5.75 Å². The summed E-state index contributed by atoms with van der Waals surface area (Å²) in [6.45, 7) is 0. The van der Waals surface area contributed by atoms with Crippen molar-refractivity contribution in [3.8, 4) is 17.2 Å². The third-order valence-corrected chi connectivity index (χ3v) is 5.27. The average Bonchev–Trinajstić information content (AvgIpc) is 3.17. The van der Waals surface area contributed by atoms with Gasteiger partial charge in [-0.2, -0.15) is 16.6 Å². The van der Waals surface area contributed by atoms with Crippen LogP contribution in [-0.4, -0.2) is 11.7 Å². The van der Waals surface area contributed by atoms with E-state index in [-0.39, 0.29) is 5.91 Å². The number of nitriles is 1. The molecular weight excluding hydrogens is 348 g/mol. The molecule has 0 radical (unpaired) electrons. The number of thioether (sulfide) groups is 1. The number of benzene rings is 2. The van der Waals surface area contributed by atoms with Crippen LogP contribution in [0.25, 0.3) is 11.1 Å². The topological polar surface area (TPSA) is 52.9 Å². The third kappa shape index (κ3) is 4.96. The van der Waals surface area contributed by atoms with Crippen LogP contribution < -0.4 is 5.32 Å². The van der Waals surface area contributed by atoms with Crippen molar-refractivity contribution >= 4 is 34.7 Å². The predicted molar refractivity (Wildman–Crippen MR) is 106 cm³/mol. The second kappa shape index (κ2) is 8.52. The van der Waals surface area contributed by atoms with E-state index >= 15 is 0 Å². The smallest absolute Gasteiger partial charge is 0.234 e. The van der Waals surface area contributed by atoms with Crippen molar-refractivity contribution in [2.75, 3.05) is 11.1 Å². The second-order valence-corrected chi connectivity index (χ2v) is 7.21. The molecule has 0 atom stereocenters. The van der Waals surface area contributed by atoms with E-state index in [0.717, 1.165) is 28.1 Å². The van der Waals surface area contributed by atoms with E-state index in [1.807, 2.05) is 41.8 Å². The highest BCUT2D eigenvalue weighted by Crippen LogP contribution is 2.24. The van der Waals surface area contributed by atoms with Gasteiger partial charge in [0.15, 0.2) is 0 Å². The average molecular weight is 364 g/mol. The lowest BCUT2D eigenvalue weighted by molar-refractivity contribution is -0.113. The number of nitrogens with one attached hydrogen (secondary N) is 1. The van der Waals surface area contributed by atoms with Crippen LogP contribution >= 0.6 is 23.1 Å². The minimum absolute atomic E-state index is 0.0129. The Bertz CT molecular complexity index is 881. The molecule has 2 aromatic carbocycles. The van der Waals surface area contributed by atoms with Gasteiger partial charge in [0.1, 0.15) is 0 Å². The number of hydrogen-bond acceptors (Lipinski definition) is 4. The maximum absolute atomic E-state index is 12.1. The quantitative estimate of drug-likeness (QED) is 0.657. The zero-order valence-corrected chi connectivity index (χ0v) is 15.1. The molecule has 25 heavy (non-hydrogen) atoms. The zero-order chi connectivity index (χ0) is 17.5. The Labute approximate surface area is 155 Å². The Kier molecular flexibility index (Phi) is 5.89. The number of carbonyl (C=O) groups excluding carboxylic acids is 1. The fourth-order valence-corrected chi connectivity index (χ4v) is 3.79. The largest absolute Gasteiger partial charge is 0.325 e. The van der Waals surface area contributed by atoms with E-state index < -0.39 is 0 Å². The molecule has 1 amide bonds. The minimum Gasteiger partial charge on any atom is -0.325 e. The van der Waals surface area contributed by atoms with E-state index in [2.05, 4.69) is 22.8 Å². The van der Waals surface area contributed by atoms with Crippen molar-refractivity contribution in [2.24, 2.45) is 0 Å². The van der Waals surface area contributed by atoms with E-state index in [4.69, 9.17) is 5.26 Å². The molecule has 0 unspecified atom stereocenters. The lowest BCUT2D eigenvalue weighted by Crippen LogP contribution is -2.14. The van der Waals surface area contributed by atoms with Crippen molar-refractivity contribution in [3.05, 3.63) is 76.5 Å². The lowest BCUT2D eigenvalue weighted by atomic mass is 10.1. The number of carbonyl (C=O) groups is 1. The van der Waals surface area contributed by atoms with Gasteiger partial charge < -0.3 is 5.32 Å². The van der Waals surface area contributed by atoms with Crippen LogP contribution in [0.15, 0.2) is 65.4 Å². The highest BCUT2D eigenvalue weighted by molar-refractivity contribution is 7.99. The summed E-state index contributed by atoms with van der Waals surface area (Å²) in [6, 6.07) is 19.5. The summed E-state index contributed by atoms with van der Waals surface area (Å²) in [5, 5.41) is 15.9. The highest BCUT2D eigenvalue weighted by Gasteiger charge is 2.05. The summed E-state index contributed by atoms with van der Waals surface area (Å²) in [5.41, 5.74) is 4.83. The van der Waals surface area contributed by atoms with Gasteiger partial charge in [0.25, 0.3) is 0 Å². The molecule has 3 aromatic rings. The van der Waals surface area contributed by atoms with Crippen LogP contribution in [0.4, 0.5) is 5.69 Å². The molecule has 3 rings (SSSR count). The number of hydrogen-bond donors (Lipinski definition) is 1. The van der Waals surface area contributed by atoms with Gasteiger partial charge in [0.05, 0.1) is 17.4 Å². The number of rotatable bonds is 6. The SMILES string of the molecule is N#Cc1ccc(CSCC(=O)Nc2cccc(-c3ccsc3)c2)cc1. The first-order valence-electron chi connectivity index (χ1n) is 7.74. The van der Waals surface area contributed by atoms with Gasteiger partial charge in [0.2, 0.25) is 5.91 Å². The van der Waals surface area contributed by atoms with Crippen LogP contribution in [0.5, 0.6) is 0 Å². The Morgan fingerprint density at radius 3 is 2.68 bits per heavy atom. The molecule has 124 valence electrons. The molecule has 1 N–H and O–H groups in total. The molecule has 3 nitrogen and oxygen atoms in total. The molecular formula is C20H16N2OS2. The molecule has 5 heteroatoms. The molecule has 0 aliphatic heterocycles. The predicted octanol–water partition coefficient (Wildman–Crippen LogP) is 5.16. The number of nitrogens with zero attached hydrogens (tertiary/aromatic N) is 1. The fourth-order valence-electron chi connectivity index (χ4n) is 2.34. The molecule has 0 fully saturated rings. The summed E-state index contributed by atoms with van der Waals surface area (Å²) in [6.07, 6.45) is 0. The van der Waals surface area contributed by atoms with Crippen molar-refractivity contribution < 1.29 is 4.79 Å². The van der Waals surface area contributed by atoms with E-state index in [1.165, 1.54) is 0 Å². The van der Waals surface area contributed by atoms with Gasteiger partial charge in [-0.05, 0) is 57.8 Å². The lowest BCUT2D eigenvalue weighted by Gasteiger charge is -2.07. The summed E-state index contributed by atoms with van der Waals surface area (Å²) >= 11 is 3.21. The van der Waals surface area contributed by atoms with Crippen molar-refractivity contribution in [1.82, 2.24) is 0 Å². The Morgan fingerprint density at radius 2 is 1.96 bits per heavy atom. The summed E-state index contributed by atoms with van der Waals surface area (Å²) in [5.74, 6) is 1.12. The van der Waals surface area contributed by atoms with Gasteiger partial charge >= 0.3 is 0 Å². The van der Waals surface area contributed by atoms with E-state index in [1.54, 1.807) is 35.2 Å². The van der Waals surface area contributed by atoms with E-state index in [0.29, 0.717) is 11.3 Å². The molecule has 0 spiro atoms. The van der Waals surface area contributed by atoms with Crippen LogP contribution in [0.1, 0.15) is 11.1 Å². The monoisotopic (exact) mass is 364 g/mol. The van der Waals surface area contributed by atoms with Gasteiger partial charge in [-0.25, -0.2) is 0 Å². The third-order valence-electron chi connectivity index (χ3n) is 3.59. The molecule has 0 aliphatic rings. The fraction of sp³-hybridized carbons (Fsp3) is 0.100. The van der Waals surface area contributed by atoms with Gasteiger partial charge in [-0.1, -0.05) is 24.3 Å². The summed E-state index contributed by atoms with van der Waals surface area (Å²) < 4.78 is 0. The number of thiophene rings is 1. The Hall–Kier alpha value is -2.55. The summed E-state index contributed by atoms with van der Waals surface area (Å²) in [4.78, 5) is 12.1. The van der Waals surface area contributed by atoms with Gasteiger partial charge in [-0.15, -0.1) is 11.8 Å².